The van der Waals surface area contributed by atoms with Crippen LogP contribution in [0.5, 0.6) is 0 Å². The average molecular weight is 937 g/mol. The fourth-order valence-corrected chi connectivity index (χ4v) is 9.48. The number of rotatable bonds is 6. The molecule has 12 aromatic rings. The summed E-state index contributed by atoms with van der Waals surface area (Å²) in [6.07, 6.45) is 7.16. The third-order valence-corrected chi connectivity index (χ3v) is 12.5. The van der Waals surface area contributed by atoms with Crippen LogP contribution >= 0.6 is 0 Å². The van der Waals surface area contributed by atoms with Gasteiger partial charge in [0.25, 0.3) is 0 Å². The summed E-state index contributed by atoms with van der Waals surface area (Å²) in [5, 5.41) is 4.01. The molecule has 6 aromatic carbocycles. The number of nitrogens with zero attached hydrogens (tertiary/aromatic N) is 10. The van der Waals surface area contributed by atoms with E-state index in [1.54, 1.807) is 12.4 Å². The largest absolute Gasteiger partial charge is 0.253 e. The summed E-state index contributed by atoms with van der Waals surface area (Å²) in [6, 6.07) is 49.1. The zero-order chi connectivity index (χ0) is 49.9. The van der Waals surface area contributed by atoms with Crippen LogP contribution in [0.2, 0.25) is 0 Å². The van der Waals surface area contributed by atoms with Crippen molar-refractivity contribution < 1.29 is 0 Å². The number of benzene rings is 6. The molecule has 0 aliphatic rings. The molecule has 6 aromatic heterocycles. The Hall–Kier alpha value is -9.02. The smallest absolute Gasteiger partial charge is 0.198 e. The van der Waals surface area contributed by atoms with E-state index in [0.29, 0.717) is 23.3 Å². The fourth-order valence-electron chi connectivity index (χ4n) is 9.48. The maximum absolute atomic E-state index is 5.16. The lowest BCUT2D eigenvalue weighted by Crippen LogP contribution is -2.03. The Kier molecular flexibility index (Phi) is 13.1. The van der Waals surface area contributed by atoms with Crippen molar-refractivity contribution in [3.05, 3.63) is 204 Å². The highest BCUT2D eigenvalue weighted by Crippen LogP contribution is 2.37. The van der Waals surface area contributed by atoms with Crippen molar-refractivity contribution in [1.29, 1.82) is 0 Å². The summed E-state index contributed by atoms with van der Waals surface area (Å²) in [5.74, 6) is 2.29. The van der Waals surface area contributed by atoms with E-state index in [4.69, 9.17) is 29.9 Å². The Morgan fingerprint density at radius 3 is 1.08 bits per heavy atom. The molecule has 0 amide bonds. The molecule has 0 aliphatic heterocycles. The van der Waals surface area contributed by atoms with Crippen molar-refractivity contribution in [2.75, 3.05) is 0 Å². The first-order valence-corrected chi connectivity index (χ1v) is 24.2. The highest BCUT2D eigenvalue weighted by molar-refractivity contribution is 5.97. The van der Waals surface area contributed by atoms with Crippen LogP contribution in [-0.2, 0) is 0 Å². The summed E-state index contributed by atoms with van der Waals surface area (Å²) in [7, 11) is 0. The van der Waals surface area contributed by atoms with Crippen LogP contribution in [0.1, 0.15) is 47.2 Å². The molecule has 350 valence electrons. The van der Waals surface area contributed by atoms with Gasteiger partial charge < -0.3 is 0 Å². The predicted octanol–water partition coefficient (Wildman–Crippen LogP) is 14.8. The number of para-hydroxylation sites is 2. The molecule has 0 radical (unpaired) electrons. The van der Waals surface area contributed by atoms with Gasteiger partial charge in [-0.25, -0.2) is 39.9 Å². The highest BCUT2D eigenvalue weighted by atomic mass is 15.0. The van der Waals surface area contributed by atoms with E-state index < -0.39 is 0 Å². The molecule has 0 unspecified atom stereocenters. The van der Waals surface area contributed by atoms with Gasteiger partial charge in [0, 0.05) is 57.5 Å². The minimum Gasteiger partial charge on any atom is -0.253 e. The molecular formula is C62H52N10. The normalized spacial score (nSPS) is 11.1. The molecule has 72 heavy (non-hydrogen) atoms. The molecule has 0 saturated heterocycles. The minimum absolute atomic E-state index is 0.535. The number of hydrogen-bond donors (Lipinski definition) is 0. The Balaban J connectivity index is 0.000000162. The average Bonchev–Trinajstić information content (AvgIpc) is 3.41. The fraction of sp³-hybridized carbons (Fsp3) is 0.129. The van der Waals surface area contributed by atoms with Crippen molar-refractivity contribution in [2.24, 2.45) is 0 Å². The van der Waals surface area contributed by atoms with Crippen LogP contribution in [0.15, 0.2) is 170 Å². The van der Waals surface area contributed by atoms with Gasteiger partial charge in [-0.3, -0.25) is 9.97 Å². The molecule has 0 aliphatic carbocycles. The second kappa shape index (κ2) is 20.1. The lowest BCUT2D eigenvalue weighted by atomic mass is 9.94. The molecule has 0 atom stereocenters. The number of aryl methyl sites for hydroxylation is 6. The van der Waals surface area contributed by atoms with Gasteiger partial charge in [-0.15, -0.1) is 0 Å². The Bertz CT molecular complexity index is 3660. The molecule has 10 nitrogen and oxygen atoms in total. The number of pyridine rings is 2. The summed E-state index contributed by atoms with van der Waals surface area (Å²) in [5.41, 5.74) is 18.5. The summed E-state index contributed by atoms with van der Waals surface area (Å²) in [6.45, 7) is 16.9. The molecular weight excluding hydrogens is 885 g/mol. The zero-order valence-corrected chi connectivity index (χ0v) is 41.6. The van der Waals surface area contributed by atoms with E-state index in [1.807, 2.05) is 111 Å². The number of aromatic nitrogens is 10. The van der Waals surface area contributed by atoms with Gasteiger partial charge in [0.15, 0.2) is 23.3 Å². The first-order valence-electron chi connectivity index (χ1n) is 24.2. The molecule has 6 heterocycles. The van der Waals surface area contributed by atoms with E-state index in [9.17, 15) is 0 Å². The van der Waals surface area contributed by atoms with E-state index in [2.05, 4.69) is 122 Å². The van der Waals surface area contributed by atoms with Gasteiger partial charge in [-0.05, 0) is 123 Å². The maximum Gasteiger partial charge on any atom is 0.198 e. The van der Waals surface area contributed by atoms with E-state index >= 15 is 0 Å². The maximum atomic E-state index is 5.16. The van der Waals surface area contributed by atoms with Gasteiger partial charge in [0.1, 0.15) is 11.4 Å². The molecule has 0 fully saturated rings. The van der Waals surface area contributed by atoms with Gasteiger partial charge in [0.2, 0.25) is 0 Å². The molecule has 12 rings (SSSR count). The van der Waals surface area contributed by atoms with Crippen molar-refractivity contribution in [2.45, 2.75) is 55.4 Å². The van der Waals surface area contributed by atoms with Crippen molar-refractivity contribution >= 4 is 43.6 Å². The monoisotopic (exact) mass is 936 g/mol. The highest BCUT2D eigenvalue weighted by Gasteiger charge is 2.20. The standard InChI is InChI=1S/C34H30N4.C26H16N6.C2H6/c1-19-15-21(3)29(22(4)16-19)31-25-11-7-9-13-27(25)35-33(37-31)34-36-28-14-10-8-12-26(28)32(38-34)30-23(5)17-20(2)18-24(30)6;1-3-11-27-21(5-1)25-29-15-19-9-7-17(13-23(19)31-25)18-8-10-20-16-30-26(32-24(20)14-18)22-6-2-4-12-28-22;1-2/h7-18H,1-6H3;1-16H;1-2H3. The van der Waals surface area contributed by atoms with Gasteiger partial charge in [0.05, 0.1) is 33.5 Å². The predicted molar refractivity (Wildman–Crippen MR) is 293 cm³/mol. The van der Waals surface area contributed by atoms with Crippen molar-refractivity contribution in [3.63, 3.8) is 0 Å². The molecule has 0 spiro atoms. The van der Waals surface area contributed by atoms with E-state index in [1.165, 1.54) is 33.4 Å². The van der Waals surface area contributed by atoms with Crippen LogP contribution in [0.3, 0.4) is 0 Å². The molecule has 10 heteroatoms. The van der Waals surface area contributed by atoms with Crippen molar-refractivity contribution in [3.8, 4) is 68.3 Å². The first-order chi connectivity index (χ1) is 35.1. The topological polar surface area (TPSA) is 129 Å². The lowest BCUT2D eigenvalue weighted by Gasteiger charge is -2.16. The molecule has 0 saturated carbocycles. The lowest BCUT2D eigenvalue weighted by molar-refractivity contribution is 1.12. The van der Waals surface area contributed by atoms with Crippen LogP contribution in [0.4, 0.5) is 0 Å². The number of hydrogen-bond acceptors (Lipinski definition) is 10. The van der Waals surface area contributed by atoms with Gasteiger partial charge in [-0.2, -0.15) is 0 Å². The quantitative estimate of drug-likeness (QED) is 0.159. The SMILES string of the molecule is CC.Cc1cc(C)c(-c2nc(-c3nc(-c4c(C)cc(C)cc4C)c4ccccc4n3)nc3ccccc23)c(C)c1.c1ccc(-c2ncc3ccc(-c4ccc5cnc(-c6ccccn6)nc5c4)cc3n2)nc1. The Morgan fingerprint density at radius 2 is 0.694 bits per heavy atom. The van der Waals surface area contributed by atoms with Gasteiger partial charge >= 0.3 is 0 Å². The third kappa shape index (κ3) is 9.37. The molecule has 0 bridgehead atoms. The van der Waals surface area contributed by atoms with E-state index in [0.717, 1.165) is 88.6 Å². The second-order valence-electron chi connectivity index (χ2n) is 17.7. The minimum atomic E-state index is 0.535. The summed E-state index contributed by atoms with van der Waals surface area (Å²) < 4.78 is 0. The Labute approximate surface area is 419 Å². The zero-order valence-electron chi connectivity index (χ0n) is 41.6. The van der Waals surface area contributed by atoms with Gasteiger partial charge in [-0.1, -0.05) is 122 Å². The first kappa shape index (κ1) is 46.7. The third-order valence-electron chi connectivity index (χ3n) is 12.5. The summed E-state index contributed by atoms with van der Waals surface area (Å²) in [4.78, 5) is 47.4. The van der Waals surface area contributed by atoms with Crippen LogP contribution in [-0.4, -0.2) is 49.8 Å². The summed E-state index contributed by atoms with van der Waals surface area (Å²) >= 11 is 0. The van der Waals surface area contributed by atoms with E-state index in [-0.39, 0.29) is 0 Å². The van der Waals surface area contributed by atoms with Crippen LogP contribution in [0.25, 0.3) is 112 Å². The second-order valence-corrected chi connectivity index (χ2v) is 17.7. The van der Waals surface area contributed by atoms with Crippen LogP contribution in [0, 0.1) is 41.5 Å². The number of fused-ring (bicyclic) bond motifs is 4. The van der Waals surface area contributed by atoms with Crippen LogP contribution < -0.4 is 0 Å². The molecule has 0 N–H and O–H groups in total. The Morgan fingerprint density at radius 1 is 0.319 bits per heavy atom. The van der Waals surface area contributed by atoms with Crippen molar-refractivity contribution in [1.82, 2.24) is 49.8 Å².